The van der Waals surface area contributed by atoms with E-state index in [4.69, 9.17) is 0 Å². The van der Waals surface area contributed by atoms with Gasteiger partial charge in [0.2, 0.25) is 0 Å². The summed E-state index contributed by atoms with van der Waals surface area (Å²) >= 11 is 0. The normalized spacial score (nSPS) is 13.5. The fraction of sp³-hybridized carbons (Fsp3) is 0.375. The highest BCUT2D eigenvalue weighted by Crippen LogP contribution is 2.20. The summed E-state index contributed by atoms with van der Waals surface area (Å²) in [6.45, 7) is -1.11. The molecule has 0 aromatic heterocycles. The number of rotatable bonds is 7. The van der Waals surface area contributed by atoms with Crippen molar-refractivity contribution < 1.29 is 20.4 Å². The van der Waals surface area contributed by atoms with Crippen molar-refractivity contribution in [1.82, 2.24) is 5.32 Å². The number of aliphatic hydroxyl groups excluding tert-OH is 4. The van der Waals surface area contributed by atoms with Crippen LogP contribution in [0.2, 0.25) is 0 Å². The third kappa shape index (κ3) is 3.58. The maximum absolute atomic E-state index is 10.2. The lowest BCUT2D eigenvalue weighted by molar-refractivity contribution is 0.0322. The third-order valence-electron chi connectivity index (χ3n) is 3.74. The Morgan fingerprint density at radius 3 is 2.14 bits per heavy atom. The molecular weight excluding hydrogens is 270 g/mol. The molecule has 2 aromatic rings. The van der Waals surface area contributed by atoms with Crippen LogP contribution in [0.25, 0.3) is 10.8 Å². The van der Waals surface area contributed by atoms with Crippen molar-refractivity contribution in [1.29, 1.82) is 0 Å². The molecule has 21 heavy (non-hydrogen) atoms. The topological polar surface area (TPSA) is 93.0 Å². The molecule has 0 aliphatic rings. The van der Waals surface area contributed by atoms with Crippen molar-refractivity contribution in [2.24, 2.45) is 0 Å². The van der Waals surface area contributed by atoms with Crippen LogP contribution in [0.15, 0.2) is 42.5 Å². The van der Waals surface area contributed by atoms with E-state index in [0.717, 1.165) is 16.3 Å². The number of fused-ring (bicyclic) bond motifs is 1. The van der Waals surface area contributed by atoms with E-state index in [1.54, 1.807) is 0 Å². The molecule has 114 valence electrons. The second kappa shape index (κ2) is 6.98. The molecule has 2 aromatic carbocycles. The van der Waals surface area contributed by atoms with Gasteiger partial charge in [-0.1, -0.05) is 36.4 Å². The van der Waals surface area contributed by atoms with Crippen LogP contribution in [0.5, 0.6) is 0 Å². The Morgan fingerprint density at radius 2 is 1.52 bits per heavy atom. The first-order valence-electron chi connectivity index (χ1n) is 6.88. The summed E-state index contributed by atoms with van der Waals surface area (Å²) in [5.74, 6) is 0. The van der Waals surface area contributed by atoms with Gasteiger partial charge in [-0.3, -0.25) is 0 Å². The molecule has 0 saturated heterocycles. The Labute approximate surface area is 123 Å². The fourth-order valence-electron chi connectivity index (χ4n) is 2.16. The maximum Gasteiger partial charge on any atom is 0.0914 e. The van der Waals surface area contributed by atoms with Gasteiger partial charge in [0.25, 0.3) is 0 Å². The number of benzene rings is 2. The monoisotopic (exact) mass is 291 g/mol. The number of hydrogen-bond donors (Lipinski definition) is 5. The maximum atomic E-state index is 10.2. The van der Waals surface area contributed by atoms with Crippen molar-refractivity contribution in [2.45, 2.75) is 11.6 Å². The quantitative estimate of drug-likeness (QED) is 0.502. The van der Waals surface area contributed by atoms with Crippen molar-refractivity contribution in [3.8, 4) is 0 Å². The summed E-state index contributed by atoms with van der Waals surface area (Å²) < 4.78 is 0. The van der Waals surface area contributed by atoms with Gasteiger partial charge >= 0.3 is 0 Å². The number of nitrogens with one attached hydrogen (secondary N) is 1. The summed E-state index contributed by atoms with van der Waals surface area (Å²) in [5, 5.41) is 42.9. The highest BCUT2D eigenvalue weighted by molar-refractivity contribution is 5.83. The van der Waals surface area contributed by atoms with Gasteiger partial charge in [-0.25, -0.2) is 0 Å². The van der Waals surface area contributed by atoms with Gasteiger partial charge in [-0.15, -0.1) is 0 Å². The summed E-state index contributed by atoms with van der Waals surface area (Å²) in [6.07, 6.45) is -0.793. The lowest BCUT2D eigenvalue weighted by Gasteiger charge is -2.30. The summed E-state index contributed by atoms with van der Waals surface area (Å²) in [4.78, 5) is 0. The second-order valence-electron chi connectivity index (χ2n) is 5.26. The van der Waals surface area contributed by atoms with E-state index in [0.29, 0.717) is 0 Å². The summed E-state index contributed by atoms with van der Waals surface area (Å²) in [6, 6.07) is 13.5. The van der Waals surface area contributed by atoms with E-state index in [2.05, 4.69) is 5.32 Å². The first-order chi connectivity index (χ1) is 10.1. The Morgan fingerprint density at radius 1 is 0.905 bits per heavy atom. The van der Waals surface area contributed by atoms with Crippen LogP contribution in [-0.2, 0) is 0 Å². The number of aliphatic hydroxyl groups is 4. The van der Waals surface area contributed by atoms with Gasteiger partial charge < -0.3 is 25.7 Å². The number of hydrogen-bond acceptors (Lipinski definition) is 5. The van der Waals surface area contributed by atoms with E-state index in [-0.39, 0.29) is 6.54 Å². The van der Waals surface area contributed by atoms with E-state index in [1.807, 2.05) is 42.5 Å². The standard InChI is InChI=1S/C16H21NO4/c18-9-16(10-19,11-20)17-8-15(21)14-6-5-12-3-1-2-4-13(12)7-14/h1-7,15,17-21H,8-11H2. The van der Waals surface area contributed by atoms with Crippen LogP contribution in [0.4, 0.5) is 0 Å². The molecular formula is C16H21NO4. The Kier molecular flexibility index (Phi) is 5.27. The van der Waals surface area contributed by atoms with Crippen molar-refractivity contribution in [3.63, 3.8) is 0 Å². The molecule has 1 unspecified atom stereocenters. The van der Waals surface area contributed by atoms with Gasteiger partial charge in [0.05, 0.1) is 31.5 Å². The number of β-amino-alcohol motifs (C(OH)–C–C–N with tert-alkyl or cyclic N) is 1. The molecule has 2 rings (SSSR count). The van der Waals surface area contributed by atoms with Crippen LogP contribution in [-0.4, -0.2) is 52.3 Å². The summed E-state index contributed by atoms with van der Waals surface area (Å²) in [7, 11) is 0. The average Bonchev–Trinajstić information content (AvgIpc) is 2.56. The molecule has 0 amide bonds. The van der Waals surface area contributed by atoms with E-state index in [1.165, 1.54) is 0 Å². The van der Waals surface area contributed by atoms with Gasteiger partial charge in [0.15, 0.2) is 0 Å². The lowest BCUT2D eigenvalue weighted by atomic mass is 10.0. The van der Waals surface area contributed by atoms with E-state index in [9.17, 15) is 20.4 Å². The molecule has 0 saturated carbocycles. The minimum atomic E-state index is -1.18. The highest BCUT2D eigenvalue weighted by Gasteiger charge is 2.28. The molecule has 0 spiro atoms. The van der Waals surface area contributed by atoms with Crippen LogP contribution >= 0.6 is 0 Å². The minimum Gasteiger partial charge on any atom is -0.394 e. The van der Waals surface area contributed by atoms with E-state index >= 15 is 0 Å². The van der Waals surface area contributed by atoms with Gasteiger partial charge in [0.1, 0.15) is 0 Å². The first-order valence-corrected chi connectivity index (χ1v) is 6.88. The molecule has 0 radical (unpaired) electrons. The third-order valence-corrected chi connectivity index (χ3v) is 3.74. The zero-order valence-corrected chi connectivity index (χ0v) is 11.7. The van der Waals surface area contributed by atoms with Crippen molar-refractivity contribution in [3.05, 3.63) is 48.0 Å². The molecule has 0 heterocycles. The largest absolute Gasteiger partial charge is 0.394 e. The highest BCUT2D eigenvalue weighted by atomic mass is 16.3. The van der Waals surface area contributed by atoms with Crippen LogP contribution in [0, 0.1) is 0 Å². The van der Waals surface area contributed by atoms with Crippen LogP contribution < -0.4 is 5.32 Å². The first kappa shape index (κ1) is 15.9. The van der Waals surface area contributed by atoms with Gasteiger partial charge in [0, 0.05) is 6.54 Å². The average molecular weight is 291 g/mol. The second-order valence-corrected chi connectivity index (χ2v) is 5.26. The van der Waals surface area contributed by atoms with Gasteiger partial charge in [-0.05, 0) is 22.4 Å². The van der Waals surface area contributed by atoms with Crippen LogP contribution in [0.1, 0.15) is 11.7 Å². The lowest BCUT2D eigenvalue weighted by Crippen LogP contribution is -2.55. The van der Waals surface area contributed by atoms with Crippen molar-refractivity contribution in [2.75, 3.05) is 26.4 Å². The predicted octanol–water partition coefficient (Wildman–Crippen LogP) is 0.179. The Bertz CT molecular complexity index is 575. The Balaban J connectivity index is 2.09. The van der Waals surface area contributed by atoms with Crippen molar-refractivity contribution >= 4 is 10.8 Å². The molecule has 5 nitrogen and oxygen atoms in total. The predicted molar refractivity (Wildman–Crippen MR) is 80.9 cm³/mol. The van der Waals surface area contributed by atoms with E-state index < -0.39 is 31.5 Å². The molecule has 5 N–H and O–H groups in total. The van der Waals surface area contributed by atoms with Gasteiger partial charge in [-0.2, -0.15) is 0 Å². The molecule has 5 heteroatoms. The fourth-order valence-corrected chi connectivity index (χ4v) is 2.16. The molecule has 0 bridgehead atoms. The SMILES string of the molecule is OCC(CO)(CO)NCC(O)c1ccc2ccccc2c1. The molecule has 0 fully saturated rings. The van der Waals surface area contributed by atoms with Crippen LogP contribution in [0.3, 0.4) is 0 Å². The smallest absolute Gasteiger partial charge is 0.0914 e. The molecule has 0 aliphatic heterocycles. The summed E-state index contributed by atoms with van der Waals surface area (Å²) in [5.41, 5.74) is -0.443. The minimum absolute atomic E-state index is 0.125. The zero-order chi connectivity index (χ0) is 15.3. The Hall–Kier alpha value is -1.50. The zero-order valence-electron chi connectivity index (χ0n) is 11.7. The molecule has 0 aliphatic carbocycles. The molecule has 1 atom stereocenters.